The number of Topliss-reactive ketones (excluding diaryl/α,β-unsaturated/α-hetero) is 1. The van der Waals surface area contributed by atoms with Crippen LogP contribution in [0.4, 0.5) is 4.39 Å². The quantitative estimate of drug-likeness (QED) is 0.460. The van der Waals surface area contributed by atoms with E-state index in [0.717, 1.165) is 0 Å². The zero-order valence-corrected chi connectivity index (χ0v) is 8.19. The molecular weight excluding hydrogens is 248 g/mol. The molecule has 64 valence electrons. The lowest BCUT2D eigenvalue weighted by molar-refractivity contribution is 0.102. The summed E-state index contributed by atoms with van der Waals surface area (Å²) in [5.74, 6) is -1.11. The number of pyridine rings is 1. The fourth-order valence-corrected chi connectivity index (χ4v) is 1.17. The third-order valence-corrected chi connectivity index (χ3v) is 2.04. The molecule has 2 nitrogen and oxygen atoms in total. The average Bonchev–Trinajstić information content (AvgIpc) is 2.08. The minimum absolute atomic E-state index is 0.0353. The second-order valence-corrected chi connectivity index (χ2v) is 2.94. The Morgan fingerprint density at radius 1 is 1.75 bits per heavy atom. The van der Waals surface area contributed by atoms with Crippen LogP contribution in [0.15, 0.2) is 12.3 Å². The van der Waals surface area contributed by atoms with E-state index in [2.05, 4.69) is 20.9 Å². The number of hydrogen-bond donors (Lipinski definition) is 0. The second kappa shape index (κ2) is 3.96. The van der Waals surface area contributed by atoms with Crippen molar-refractivity contribution in [2.75, 3.05) is 5.33 Å². The van der Waals surface area contributed by atoms with Gasteiger partial charge in [-0.3, -0.25) is 4.79 Å². The molecule has 0 unspecified atom stereocenters. The average molecular weight is 252 g/mol. The molecule has 1 rings (SSSR count). The number of rotatable bonds is 2. The molecule has 0 aliphatic heterocycles. The standard InChI is InChI=1S/C7H4BrClFNO/c8-3-5(12)4-1-2-11-7(9)6(4)10/h1-2H,3H2. The Morgan fingerprint density at radius 2 is 2.42 bits per heavy atom. The van der Waals surface area contributed by atoms with Crippen LogP contribution < -0.4 is 0 Å². The third-order valence-electron chi connectivity index (χ3n) is 1.27. The highest BCUT2D eigenvalue weighted by Gasteiger charge is 2.13. The van der Waals surface area contributed by atoms with Crippen LogP contribution in [0.3, 0.4) is 0 Å². The van der Waals surface area contributed by atoms with Gasteiger partial charge in [0.25, 0.3) is 0 Å². The van der Waals surface area contributed by atoms with Crippen molar-refractivity contribution >= 4 is 33.3 Å². The van der Waals surface area contributed by atoms with Gasteiger partial charge < -0.3 is 0 Å². The summed E-state index contributed by atoms with van der Waals surface area (Å²) in [4.78, 5) is 14.5. The second-order valence-electron chi connectivity index (χ2n) is 2.02. The number of ketones is 1. The SMILES string of the molecule is O=C(CBr)c1ccnc(Cl)c1F. The van der Waals surface area contributed by atoms with Crippen LogP contribution in [0.1, 0.15) is 10.4 Å². The zero-order valence-electron chi connectivity index (χ0n) is 5.85. The third kappa shape index (κ3) is 1.81. The van der Waals surface area contributed by atoms with Crippen LogP contribution in [0, 0.1) is 5.82 Å². The van der Waals surface area contributed by atoms with Gasteiger partial charge in [-0.05, 0) is 6.07 Å². The Labute approximate surface area is 81.9 Å². The van der Waals surface area contributed by atoms with E-state index in [1.807, 2.05) is 0 Å². The van der Waals surface area contributed by atoms with Crippen LogP contribution in [-0.4, -0.2) is 16.1 Å². The number of alkyl halides is 1. The normalized spacial score (nSPS) is 9.92. The Kier molecular flexibility index (Phi) is 3.17. The van der Waals surface area contributed by atoms with E-state index in [0.29, 0.717) is 0 Å². The summed E-state index contributed by atoms with van der Waals surface area (Å²) in [5.41, 5.74) is -0.0353. The van der Waals surface area contributed by atoms with Gasteiger partial charge in [0, 0.05) is 6.20 Å². The molecule has 0 radical (unpaired) electrons. The molecule has 0 saturated carbocycles. The van der Waals surface area contributed by atoms with Gasteiger partial charge >= 0.3 is 0 Å². The highest BCUT2D eigenvalue weighted by molar-refractivity contribution is 9.09. The van der Waals surface area contributed by atoms with Crippen LogP contribution in [-0.2, 0) is 0 Å². The Balaban J connectivity index is 3.16. The van der Waals surface area contributed by atoms with Gasteiger partial charge in [-0.1, -0.05) is 27.5 Å². The van der Waals surface area contributed by atoms with E-state index in [1.54, 1.807) is 0 Å². The van der Waals surface area contributed by atoms with Gasteiger partial charge in [-0.15, -0.1) is 0 Å². The van der Waals surface area contributed by atoms with Crippen molar-refractivity contribution in [2.45, 2.75) is 0 Å². The van der Waals surface area contributed by atoms with Crippen molar-refractivity contribution in [3.63, 3.8) is 0 Å². The maximum Gasteiger partial charge on any atom is 0.176 e. The van der Waals surface area contributed by atoms with E-state index in [-0.39, 0.29) is 21.8 Å². The first-order valence-corrected chi connectivity index (χ1v) is 4.56. The molecule has 0 aliphatic rings. The molecular formula is C7H4BrClFNO. The topological polar surface area (TPSA) is 30.0 Å². The van der Waals surface area contributed by atoms with Crippen molar-refractivity contribution in [1.82, 2.24) is 4.98 Å². The van der Waals surface area contributed by atoms with Gasteiger partial charge in [0.2, 0.25) is 0 Å². The monoisotopic (exact) mass is 251 g/mol. The molecule has 0 saturated heterocycles. The minimum Gasteiger partial charge on any atom is -0.293 e. The lowest BCUT2D eigenvalue weighted by Gasteiger charge is -1.99. The minimum atomic E-state index is -0.761. The molecule has 12 heavy (non-hydrogen) atoms. The van der Waals surface area contributed by atoms with Crippen molar-refractivity contribution in [1.29, 1.82) is 0 Å². The van der Waals surface area contributed by atoms with E-state index < -0.39 is 5.82 Å². The molecule has 0 bridgehead atoms. The number of halogens is 3. The van der Waals surface area contributed by atoms with E-state index in [4.69, 9.17) is 11.6 Å². The van der Waals surface area contributed by atoms with Crippen LogP contribution in [0.2, 0.25) is 5.15 Å². The molecule has 5 heteroatoms. The lowest BCUT2D eigenvalue weighted by atomic mass is 10.2. The van der Waals surface area contributed by atoms with Gasteiger partial charge in [0.15, 0.2) is 16.8 Å². The summed E-state index contributed by atoms with van der Waals surface area (Å²) in [6.07, 6.45) is 1.29. The molecule has 0 N–H and O–H groups in total. The number of aromatic nitrogens is 1. The molecule has 1 aromatic heterocycles. The predicted octanol–water partition coefficient (Wildman–Crippen LogP) is 2.45. The number of hydrogen-bond acceptors (Lipinski definition) is 2. The zero-order chi connectivity index (χ0) is 9.14. The van der Waals surface area contributed by atoms with E-state index >= 15 is 0 Å². The van der Waals surface area contributed by atoms with E-state index in [9.17, 15) is 9.18 Å². The van der Waals surface area contributed by atoms with Crippen molar-refractivity contribution in [3.8, 4) is 0 Å². The van der Waals surface area contributed by atoms with Crippen LogP contribution >= 0.6 is 27.5 Å². The Morgan fingerprint density at radius 3 is 3.00 bits per heavy atom. The Bertz CT molecular complexity index is 318. The van der Waals surface area contributed by atoms with E-state index in [1.165, 1.54) is 12.3 Å². The van der Waals surface area contributed by atoms with Gasteiger partial charge in [0.05, 0.1) is 10.9 Å². The Hall–Kier alpha value is -0.480. The lowest BCUT2D eigenvalue weighted by Crippen LogP contribution is -2.04. The molecule has 0 atom stereocenters. The summed E-state index contributed by atoms with van der Waals surface area (Å²) in [7, 11) is 0. The molecule has 1 aromatic rings. The molecule has 0 amide bonds. The summed E-state index contributed by atoms with van der Waals surface area (Å²) in [6, 6.07) is 1.30. The maximum atomic E-state index is 13.0. The van der Waals surface area contributed by atoms with Crippen molar-refractivity contribution < 1.29 is 9.18 Å². The molecule has 1 heterocycles. The van der Waals surface area contributed by atoms with Crippen LogP contribution in [0.5, 0.6) is 0 Å². The first-order valence-electron chi connectivity index (χ1n) is 3.06. The van der Waals surface area contributed by atoms with Gasteiger partial charge in [-0.2, -0.15) is 0 Å². The van der Waals surface area contributed by atoms with Crippen molar-refractivity contribution in [2.24, 2.45) is 0 Å². The van der Waals surface area contributed by atoms with Gasteiger partial charge in [0.1, 0.15) is 0 Å². The summed E-state index contributed by atoms with van der Waals surface area (Å²) < 4.78 is 13.0. The van der Waals surface area contributed by atoms with Crippen LogP contribution in [0.25, 0.3) is 0 Å². The number of carbonyl (C=O) groups is 1. The maximum absolute atomic E-state index is 13.0. The molecule has 0 aromatic carbocycles. The molecule has 0 spiro atoms. The predicted molar refractivity (Wildman–Crippen MR) is 47.3 cm³/mol. The van der Waals surface area contributed by atoms with Crippen molar-refractivity contribution in [3.05, 3.63) is 28.8 Å². The summed E-state index contributed by atoms with van der Waals surface area (Å²) >= 11 is 8.29. The highest BCUT2D eigenvalue weighted by atomic mass is 79.9. The molecule has 0 fully saturated rings. The summed E-state index contributed by atoms with van der Waals surface area (Å²) in [6.45, 7) is 0. The smallest absolute Gasteiger partial charge is 0.176 e. The van der Waals surface area contributed by atoms with Gasteiger partial charge in [-0.25, -0.2) is 9.37 Å². The fraction of sp³-hybridized carbons (Fsp3) is 0.143. The highest BCUT2D eigenvalue weighted by Crippen LogP contribution is 2.15. The first-order chi connectivity index (χ1) is 5.66. The number of nitrogens with zero attached hydrogens (tertiary/aromatic N) is 1. The largest absolute Gasteiger partial charge is 0.293 e. The number of carbonyl (C=O) groups excluding carboxylic acids is 1. The summed E-state index contributed by atoms with van der Waals surface area (Å²) in [5, 5.41) is -0.202. The fourth-order valence-electron chi connectivity index (χ4n) is 0.706. The first kappa shape index (κ1) is 9.61. The molecule has 0 aliphatic carbocycles.